The molecule has 0 fully saturated rings. The van der Waals surface area contributed by atoms with Gasteiger partial charge in [0.05, 0.1) is 11.8 Å². The monoisotopic (exact) mass is 521 g/mol. The maximum absolute atomic E-state index is 12.5. The van der Waals surface area contributed by atoms with E-state index >= 15 is 0 Å². The third-order valence-corrected chi connectivity index (χ3v) is 6.37. The molecule has 0 aromatic heterocycles. The Bertz CT molecular complexity index is 931. The number of aliphatic carboxylic acids is 1. The molecule has 0 aliphatic rings. The van der Waals surface area contributed by atoms with E-state index in [1.54, 1.807) is 26.8 Å². The Kier molecular flexibility index (Phi) is 13.3. The molecule has 0 saturated carbocycles. The van der Waals surface area contributed by atoms with Crippen LogP contribution in [0.2, 0.25) is 0 Å². The minimum Gasteiger partial charge on any atom is -0.480 e. The normalized spacial score (nSPS) is 15.1. The van der Waals surface area contributed by atoms with Gasteiger partial charge < -0.3 is 25.1 Å². The smallest absolute Gasteiger partial charge is 0.324 e. The number of carboxylic acids is 1. The second kappa shape index (κ2) is 15.3. The molecular weight excluding hydrogens is 478 g/mol. The number of carbonyl (C=O) groups excluding carboxylic acids is 3. The van der Waals surface area contributed by atoms with Gasteiger partial charge in [-0.1, -0.05) is 53.5 Å². The Morgan fingerprint density at radius 2 is 1.49 bits per heavy atom. The summed E-state index contributed by atoms with van der Waals surface area (Å²) in [4.78, 5) is 49.1. The summed E-state index contributed by atoms with van der Waals surface area (Å²) in [5.74, 6) is -3.27. The quantitative estimate of drug-likeness (QED) is 0.178. The molecule has 208 valence electrons. The van der Waals surface area contributed by atoms with Crippen molar-refractivity contribution in [2.24, 2.45) is 17.6 Å². The van der Waals surface area contributed by atoms with Gasteiger partial charge in [-0.25, -0.2) is 0 Å². The number of hydrogen-bond donors (Lipinski definition) is 2. The number of hydrogen-bond acceptors (Lipinski definition) is 8. The first kappa shape index (κ1) is 32.1. The molecule has 9 nitrogen and oxygen atoms in total. The SMILES string of the molecule is CCCCCC(=O)O[C@@H](C)CC(N)(Cc1ccc(OC(=O)C(C)CC)c(OC(=O)C(C)CC)c1)C(=O)O. The van der Waals surface area contributed by atoms with Gasteiger partial charge in [0.1, 0.15) is 11.6 Å². The van der Waals surface area contributed by atoms with Crippen molar-refractivity contribution in [3.63, 3.8) is 0 Å². The fourth-order valence-corrected chi connectivity index (χ4v) is 3.53. The zero-order valence-corrected chi connectivity index (χ0v) is 23.0. The van der Waals surface area contributed by atoms with Crippen molar-refractivity contribution < 1.29 is 38.5 Å². The minimum atomic E-state index is -1.75. The maximum atomic E-state index is 12.5. The summed E-state index contributed by atoms with van der Waals surface area (Å²) in [5.41, 5.74) is 4.99. The van der Waals surface area contributed by atoms with Crippen LogP contribution in [0.3, 0.4) is 0 Å². The van der Waals surface area contributed by atoms with Crippen LogP contribution in [0.1, 0.15) is 92.1 Å². The largest absolute Gasteiger partial charge is 0.480 e. The number of rotatable bonds is 16. The maximum Gasteiger partial charge on any atom is 0.324 e. The van der Waals surface area contributed by atoms with E-state index in [1.807, 2.05) is 20.8 Å². The highest BCUT2D eigenvalue weighted by Gasteiger charge is 2.37. The van der Waals surface area contributed by atoms with E-state index in [1.165, 1.54) is 12.1 Å². The van der Waals surface area contributed by atoms with Crippen molar-refractivity contribution in [3.8, 4) is 11.5 Å². The number of carbonyl (C=O) groups is 4. The topological polar surface area (TPSA) is 142 Å². The lowest BCUT2D eigenvalue weighted by Gasteiger charge is -2.28. The number of esters is 3. The molecule has 3 N–H and O–H groups in total. The van der Waals surface area contributed by atoms with Crippen LogP contribution in [0.15, 0.2) is 18.2 Å². The van der Waals surface area contributed by atoms with E-state index in [0.29, 0.717) is 24.8 Å². The lowest BCUT2D eigenvalue weighted by molar-refractivity contribution is -0.153. The van der Waals surface area contributed by atoms with E-state index in [-0.39, 0.29) is 48.6 Å². The van der Waals surface area contributed by atoms with Gasteiger partial charge in [-0.3, -0.25) is 19.2 Å². The fraction of sp³-hybridized carbons (Fsp3) is 0.643. The molecule has 0 radical (unpaired) electrons. The predicted octanol–water partition coefficient (Wildman–Crippen LogP) is 4.82. The van der Waals surface area contributed by atoms with E-state index < -0.39 is 29.6 Å². The van der Waals surface area contributed by atoms with Crippen LogP contribution in [-0.4, -0.2) is 40.6 Å². The average molecular weight is 522 g/mol. The molecule has 0 aliphatic heterocycles. The van der Waals surface area contributed by atoms with Crippen molar-refractivity contribution in [3.05, 3.63) is 23.8 Å². The highest BCUT2D eigenvalue weighted by molar-refractivity contribution is 5.80. The number of benzene rings is 1. The minimum absolute atomic E-state index is 0.0163. The molecule has 0 amide bonds. The zero-order valence-electron chi connectivity index (χ0n) is 23.0. The molecule has 0 bridgehead atoms. The predicted molar refractivity (Wildman–Crippen MR) is 139 cm³/mol. The standard InChI is InChI=1S/C28H43NO8/c1-7-10-11-12-24(30)35-20(6)16-28(29,27(33)34)17-21-13-14-22(36-25(31)18(4)8-2)23(15-21)37-26(32)19(5)9-3/h13-15,18-20H,7-12,16-17,29H2,1-6H3,(H,33,34)/t18?,19?,20-,28?/m0/s1. The first-order valence-electron chi connectivity index (χ1n) is 13.1. The van der Waals surface area contributed by atoms with Crippen LogP contribution in [0.25, 0.3) is 0 Å². The van der Waals surface area contributed by atoms with Gasteiger partial charge in [0.2, 0.25) is 0 Å². The van der Waals surface area contributed by atoms with Crippen LogP contribution in [-0.2, 0) is 30.3 Å². The van der Waals surface area contributed by atoms with Gasteiger partial charge in [-0.05, 0) is 43.9 Å². The second-order valence-corrected chi connectivity index (χ2v) is 9.84. The van der Waals surface area contributed by atoms with Crippen LogP contribution in [0, 0.1) is 11.8 Å². The van der Waals surface area contributed by atoms with Gasteiger partial charge in [0.15, 0.2) is 11.5 Å². The van der Waals surface area contributed by atoms with E-state index in [2.05, 4.69) is 0 Å². The molecule has 0 spiro atoms. The molecule has 3 unspecified atom stereocenters. The molecule has 1 rings (SSSR count). The molecule has 0 heterocycles. The van der Waals surface area contributed by atoms with Crippen molar-refractivity contribution in [2.75, 3.05) is 0 Å². The Morgan fingerprint density at radius 3 is 2.00 bits per heavy atom. The first-order chi connectivity index (χ1) is 17.4. The van der Waals surface area contributed by atoms with Gasteiger partial charge in [-0.2, -0.15) is 0 Å². The molecule has 0 saturated heterocycles. The Balaban J connectivity index is 3.15. The summed E-state index contributed by atoms with van der Waals surface area (Å²) in [7, 11) is 0. The van der Waals surface area contributed by atoms with Gasteiger partial charge in [0, 0.05) is 19.3 Å². The molecule has 1 aromatic carbocycles. The zero-order chi connectivity index (χ0) is 28.2. The fourth-order valence-electron chi connectivity index (χ4n) is 3.53. The number of unbranched alkanes of at least 4 members (excludes halogenated alkanes) is 2. The summed E-state index contributed by atoms with van der Waals surface area (Å²) in [6.07, 6.45) is 3.03. The summed E-state index contributed by atoms with van der Waals surface area (Å²) in [6.45, 7) is 10.8. The number of carboxylic acid groups (broad SMARTS) is 1. The van der Waals surface area contributed by atoms with E-state index in [9.17, 15) is 24.3 Å². The molecule has 0 aliphatic carbocycles. The molecule has 4 atom stereocenters. The van der Waals surface area contributed by atoms with Crippen molar-refractivity contribution in [1.29, 1.82) is 0 Å². The third-order valence-electron chi connectivity index (χ3n) is 6.37. The summed E-state index contributed by atoms with van der Waals surface area (Å²) in [5, 5.41) is 9.91. The molecule has 9 heteroatoms. The van der Waals surface area contributed by atoms with Crippen molar-refractivity contribution in [1.82, 2.24) is 0 Å². The van der Waals surface area contributed by atoms with Crippen molar-refractivity contribution in [2.45, 2.75) is 105 Å². The van der Waals surface area contributed by atoms with Gasteiger partial charge >= 0.3 is 23.9 Å². The summed E-state index contributed by atoms with van der Waals surface area (Å²) < 4.78 is 16.4. The number of ether oxygens (including phenoxy) is 3. The van der Waals surface area contributed by atoms with Crippen molar-refractivity contribution >= 4 is 23.9 Å². The number of nitrogens with two attached hydrogens (primary N) is 1. The van der Waals surface area contributed by atoms with E-state index in [0.717, 1.165) is 12.8 Å². The van der Waals surface area contributed by atoms with Gasteiger partial charge in [-0.15, -0.1) is 0 Å². The summed E-state index contributed by atoms with van der Waals surface area (Å²) >= 11 is 0. The molecular formula is C28H43NO8. The Hall–Kier alpha value is -2.94. The Morgan fingerprint density at radius 1 is 0.919 bits per heavy atom. The molecule has 1 aromatic rings. The average Bonchev–Trinajstić information content (AvgIpc) is 2.84. The van der Waals surface area contributed by atoms with Crippen LogP contribution in [0.4, 0.5) is 0 Å². The lowest BCUT2D eigenvalue weighted by atomic mass is 9.86. The van der Waals surface area contributed by atoms with Crippen LogP contribution < -0.4 is 15.2 Å². The lowest BCUT2D eigenvalue weighted by Crippen LogP contribution is -2.52. The second-order valence-electron chi connectivity index (χ2n) is 9.84. The highest BCUT2D eigenvalue weighted by atomic mass is 16.6. The first-order valence-corrected chi connectivity index (χ1v) is 13.1. The molecule has 37 heavy (non-hydrogen) atoms. The van der Waals surface area contributed by atoms with E-state index in [4.69, 9.17) is 19.9 Å². The Labute approximate surface area is 220 Å². The van der Waals surface area contributed by atoms with Crippen LogP contribution in [0.5, 0.6) is 11.5 Å². The summed E-state index contributed by atoms with van der Waals surface area (Å²) in [6, 6.07) is 4.51. The van der Waals surface area contributed by atoms with Crippen LogP contribution >= 0.6 is 0 Å². The van der Waals surface area contributed by atoms with Gasteiger partial charge in [0.25, 0.3) is 0 Å². The third kappa shape index (κ3) is 10.5. The highest BCUT2D eigenvalue weighted by Crippen LogP contribution is 2.32.